The first kappa shape index (κ1) is 14.5. The van der Waals surface area contributed by atoms with E-state index in [4.69, 9.17) is 10.8 Å². The van der Waals surface area contributed by atoms with Crippen molar-refractivity contribution in [2.75, 3.05) is 6.54 Å². The van der Waals surface area contributed by atoms with Gasteiger partial charge in [0.1, 0.15) is 0 Å². The topological polar surface area (TPSA) is 122 Å². The van der Waals surface area contributed by atoms with E-state index in [1.807, 2.05) is 0 Å². The molecule has 0 bridgehead atoms. The van der Waals surface area contributed by atoms with E-state index in [0.717, 1.165) is 0 Å². The molecule has 1 aromatic carbocycles. The maximum absolute atomic E-state index is 11.5. The van der Waals surface area contributed by atoms with Crippen LogP contribution in [-0.2, 0) is 9.59 Å². The number of carbonyl (C=O) groups is 3. The summed E-state index contributed by atoms with van der Waals surface area (Å²) in [5.41, 5.74) is 5.37. The number of amides is 3. The van der Waals surface area contributed by atoms with Crippen molar-refractivity contribution in [2.45, 2.75) is 12.5 Å². The van der Waals surface area contributed by atoms with Crippen LogP contribution in [0, 0.1) is 0 Å². The summed E-state index contributed by atoms with van der Waals surface area (Å²) in [7, 11) is 0. The van der Waals surface area contributed by atoms with Gasteiger partial charge in [0.05, 0.1) is 0 Å². The molecule has 0 aromatic heterocycles. The third kappa shape index (κ3) is 5.07. The van der Waals surface area contributed by atoms with Gasteiger partial charge in [-0.15, -0.1) is 0 Å². The van der Waals surface area contributed by atoms with Gasteiger partial charge >= 0.3 is 12.0 Å². The molecule has 102 valence electrons. The molecule has 1 rings (SSSR count). The zero-order chi connectivity index (χ0) is 14.3. The van der Waals surface area contributed by atoms with E-state index in [9.17, 15) is 14.4 Å². The van der Waals surface area contributed by atoms with E-state index in [-0.39, 0.29) is 13.0 Å². The Hall–Kier alpha value is -2.57. The summed E-state index contributed by atoms with van der Waals surface area (Å²) in [6, 6.07) is 6.49. The molecule has 1 aromatic rings. The van der Waals surface area contributed by atoms with Gasteiger partial charge in [0, 0.05) is 13.0 Å². The zero-order valence-electron chi connectivity index (χ0n) is 10.1. The van der Waals surface area contributed by atoms with Crippen LogP contribution in [0.2, 0.25) is 0 Å². The monoisotopic (exact) mass is 265 g/mol. The van der Waals surface area contributed by atoms with Gasteiger partial charge in [-0.3, -0.25) is 4.79 Å². The Morgan fingerprint density at radius 1 is 1.21 bits per heavy atom. The molecule has 0 saturated heterocycles. The second-order valence-electron chi connectivity index (χ2n) is 3.80. The number of benzene rings is 1. The maximum Gasteiger partial charge on any atom is 0.330 e. The molecule has 0 radical (unpaired) electrons. The fourth-order valence-electron chi connectivity index (χ4n) is 1.41. The molecule has 0 fully saturated rings. The zero-order valence-corrected chi connectivity index (χ0v) is 10.1. The first-order chi connectivity index (χ1) is 9.00. The normalized spacial score (nSPS) is 11.4. The average molecular weight is 265 g/mol. The number of primary amides is 1. The predicted molar refractivity (Wildman–Crippen MR) is 67.2 cm³/mol. The number of urea groups is 1. The fraction of sp³-hybridized carbons (Fsp3) is 0.250. The van der Waals surface area contributed by atoms with Crippen molar-refractivity contribution in [2.24, 2.45) is 5.73 Å². The largest absolute Gasteiger partial charge is 0.479 e. The van der Waals surface area contributed by atoms with Crippen LogP contribution in [0.5, 0.6) is 0 Å². The summed E-state index contributed by atoms with van der Waals surface area (Å²) in [5, 5.41) is 13.7. The molecule has 5 N–H and O–H groups in total. The third-order valence-corrected chi connectivity index (χ3v) is 2.31. The minimum atomic E-state index is -1.17. The molecule has 1 atom stereocenters. The van der Waals surface area contributed by atoms with E-state index in [1.165, 1.54) is 0 Å². The molecular weight excluding hydrogens is 250 g/mol. The number of carbonyl (C=O) groups excluding carboxylic acids is 2. The van der Waals surface area contributed by atoms with E-state index >= 15 is 0 Å². The second-order valence-corrected chi connectivity index (χ2v) is 3.80. The van der Waals surface area contributed by atoms with Crippen molar-refractivity contribution in [1.29, 1.82) is 0 Å². The molecule has 0 saturated carbocycles. The number of nitrogens with one attached hydrogen (secondary N) is 2. The number of carboxylic acids is 1. The highest BCUT2D eigenvalue weighted by Gasteiger charge is 2.21. The Morgan fingerprint density at radius 3 is 2.37 bits per heavy atom. The quantitative estimate of drug-likeness (QED) is 0.577. The molecule has 0 aliphatic heterocycles. The van der Waals surface area contributed by atoms with Gasteiger partial charge in [-0.25, -0.2) is 9.59 Å². The number of rotatable bonds is 6. The maximum atomic E-state index is 11.5. The molecule has 0 spiro atoms. The van der Waals surface area contributed by atoms with Crippen molar-refractivity contribution in [1.82, 2.24) is 10.6 Å². The van der Waals surface area contributed by atoms with Crippen LogP contribution in [0.25, 0.3) is 0 Å². The minimum Gasteiger partial charge on any atom is -0.479 e. The van der Waals surface area contributed by atoms with Crippen molar-refractivity contribution < 1.29 is 19.5 Å². The summed E-state index contributed by atoms with van der Waals surface area (Å²) >= 11 is 0. The van der Waals surface area contributed by atoms with Gasteiger partial charge < -0.3 is 21.5 Å². The van der Waals surface area contributed by atoms with Crippen LogP contribution >= 0.6 is 0 Å². The van der Waals surface area contributed by atoms with Gasteiger partial charge in [0.25, 0.3) is 0 Å². The lowest BCUT2D eigenvalue weighted by Gasteiger charge is -2.15. The van der Waals surface area contributed by atoms with Crippen LogP contribution in [0.1, 0.15) is 18.0 Å². The highest BCUT2D eigenvalue weighted by atomic mass is 16.4. The molecule has 1 unspecified atom stereocenters. The summed E-state index contributed by atoms with van der Waals surface area (Å²) < 4.78 is 0. The van der Waals surface area contributed by atoms with E-state index in [1.54, 1.807) is 30.3 Å². The van der Waals surface area contributed by atoms with Crippen molar-refractivity contribution in [3.63, 3.8) is 0 Å². The summed E-state index contributed by atoms with van der Waals surface area (Å²) in [5.74, 6) is -1.71. The van der Waals surface area contributed by atoms with Gasteiger partial charge in [-0.2, -0.15) is 0 Å². The Balaban J connectivity index is 2.57. The molecule has 7 heteroatoms. The van der Waals surface area contributed by atoms with Crippen LogP contribution in [-0.4, -0.2) is 29.6 Å². The first-order valence-corrected chi connectivity index (χ1v) is 5.61. The van der Waals surface area contributed by atoms with Crippen LogP contribution in [0.3, 0.4) is 0 Å². The molecule has 0 heterocycles. The number of aliphatic carboxylic acids is 1. The Morgan fingerprint density at radius 2 is 1.84 bits per heavy atom. The number of hydrogen-bond donors (Lipinski definition) is 4. The highest BCUT2D eigenvalue weighted by molar-refractivity contribution is 5.84. The van der Waals surface area contributed by atoms with Gasteiger partial charge in [0.2, 0.25) is 5.91 Å². The number of hydrogen-bond acceptors (Lipinski definition) is 3. The molecular formula is C12H15N3O4. The predicted octanol–water partition coefficient (Wildman–Crippen LogP) is -0.0131. The van der Waals surface area contributed by atoms with E-state index in [0.29, 0.717) is 5.56 Å². The van der Waals surface area contributed by atoms with E-state index < -0.39 is 23.9 Å². The van der Waals surface area contributed by atoms with Crippen molar-refractivity contribution in [3.8, 4) is 0 Å². The molecule has 7 nitrogen and oxygen atoms in total. The molecule has 0 aliphatic carbocycles. The van der Waals surface area contributed by atoms with Crippen LogP contribution in [0.15, 0.2) is 30.3 Å². The Labute approximate surface area is 109 Å². The summed E-state index contributed by atoms with van der Waals surface area (Å²) in [4.78, 5) is 33.1. The van der Waals surface area contributed by atoms with E-state index in [2.05, 4.69) is 10.6 Å². The Kier molecular flexibility index (Phi) is 5.34. The lowest BCUT2D eigenvalue weighted by Crippen LogP contribution is -2.41. The smallest absolute Gasteiger partial charge is 0.330 e. The lowest BCUT2D eigenvalue weighted by atomic mass is 10.1. The molecule has 0 aliphatic rings. The minimum absolute atomic E-state index is 0.00348. The van der Waals surface area contributed by atoms with Gasteiger partial charge in [-0.1, -0.05) is 30.3 Å². The standard InChI is InChI=1S/C12H15N3O4/c13-9(16)6-7-14-12(19)15-10(11(17)18)8-4-2-1-3-5-8/h1-5,10H,6-7H2,(H2,13,16)(H,17,18)(H2,14,15,19). The third-order valence-electron chi connectivity index (χ3n) is 2.31. The van der Waals surface area contributed by atoms with Crippen LogP contribution < -0.4 is 16.4 Å². The molecule has 3 amide bonds. The summed E-state index contributed by atoms with van der Waals surface area (Å²) in [6.07, 6.45) is -0.00348. The van der Waals surface area contributed by atoms with Crippen LogP contribution in [0.4, 0.5) is 4.79 Å². The highest BCUT2D eigenvalue weighted by Crippen LogP contribution is 2.12. The fourth-order valence-corrected chi connectivity index (χ4v) is 1.41. The van der Waals surface area contributed by atoms with Crippen molar-refractivity contribution in [3.05, 3.63) is 35.9 Å². The van der Waals surface area contributed by atoms with Crippen molar-refractivity contribution >= 4 is 17.9 Å². The van der Waals surface area contributed by atoms with Gasteiger partial charge in [-0.05, 0) is 5.56 Å². The lowest BCUT2D eigenvalue weighted by molar-refractivity contribution is -0.139. The average Bonchev–Trinajstić information content (AvgIpc) is 2.36. The molecule has 19 heavy (non-hydrogen) atoms. The number of nitrogens with two attached hydrogens (primary N) is 1. The first-order valence-electron chi connectivity index (χ1n) is 5.61. The second kappa shape index (κ2) is 7.00. The SMILES string of the molecule is NC(=O)CCNC(=O)NC(C(=O)O)c1ccccc1. The summed E-state index contributed by atoms with van der Waals surface area (Å²) in [6.45, 7) is 0.0578. The van der Waals surface area contributed by atoms with Gasteiger partial charge in [0.15, 0.2) is 6.04 Å². The number of carboxylic acid groups (broad SMARTS) is 1. The Bertz CT molecular complexity index is 461.